The van der Waals surface area contributed by atoms with Crippen molar-refractivity contribution in [3.63, 3.8) is 0 Å². The number of benzene rings is 1. The smallest absolute Gasteiger partial charge is 0.246 e. The molecule has 4 atom stereocenters. The number of nitrogens with one attached hydrogen (secondary N) is 2. The normalized spacial score (nSPS) is 26.2. The third-order valence-corrected chi connectivity index (χ3v) is 5.19. The Morgan fingerprint density at radius 2 is 1.88 bits per heavy atom. The number of carbonyl (C=O) groups excluding carboxylic acids is 3. The van der Waals surface area contributed by atoms with Crippen molar-refractivity contribution in [3.05, 3.63) is 35.9 Å². The molecule has 2 saturated heterocycles. The summed E-state index contributed by atoms with van der Waals surface area (Å²) in [6.07, 6.45) is 2.86. The predicted octanol–water partition coefficient (Wildman–Crippen LogP) is 0.288. The highest BCUT2D eigenvalue weighted by Gasteiger charge is 2.46. The number of nitrogens with two attached hydrogens (primary N) is 1. The van der Waals surface area contributed by atoms with Gasteiger partial charge in [0.1, 0.15) is 12.1 Å². The molecule has 2 unspecified atom stereocenters. The van der Waals surface area contributed by atoms with Gasteiger partial charge >= 0.3 is 0 Å². The van der Waals surface area contributed by atoms with E-state index in [0.29, 0.717) is 19.4 Å². The summed E-state index contributed by atoms with van der Waals surface area (Å²) in [6.45, 7) is 2.02. The largest absolute Gasteiger partial charge is 0.350 e. The van der Waals surface area contributed by atoms with Gasteiger partial charge in [-0.2, -0.15) is 0 Å². The van der Waals surface area contributed by atoms with Crippen LogP contribution in [0.3, 0.4) is 0 Å². The lowest BCUT2D eigenvalue weighted by Gasteiger charge is -2.38. The molecule has 4 N–H and O–H groups in total. The lowest BCUT2D eigenvalue weighted by Crippen LogP contribution is -2.59. The summed E-state index contributed by atoms with van der Waals surface area (Å²) in [6, 6.07) is 8.03. The van der Waals surface area contributed by atoms with Gasteiger partial charge < -0.3 is 21.3 Å². The molecule has 26 heavy (non-hydrogen) atoms. The topological polar surface area (TPSA) is 105 Å². The van der Waals surface area contributed by atoms with Crippen LogP contribution < -0.4 is 16.4 Å². The number of nitrogens with zero attached hydrogens (tertiary/aromatic N) is 1. The molecule has 2 fully saturated rings. The van der Waals surface area contributed by atoms with Crippen molar-refractivity contribution in [3.8, 4) is 0 Å². The van der Waals surface area contributed by atoms with Crippen molar-refractivity contribution in [2.24, 2.45) is 5.73 Å². The minimum absolute atomic E-state index is 0.0819. The summed E-state index contributed by atoms with van der Waals surface area (Å²) >= 11 is 0. The highest BCUT2D eigenvalue weighted by Crippen LogP contribution is 2.32. The van der Waals surface area contributed by atoms with Crippen molar-refractivity contribution in [2.45, 2.75) is 63.3 Å². The van der Waals surface area contributed by atoms with Crippen LogP contribution in [0.2, 0.25) is 0 Å². The molecule has 3 amide bonds. The molecule has 0 bridgehead atoms. The van der Waals surface area contributed by atoms with E-state index in [9.17, 15) is 14.4 Å². The van der Waals surface area contributed by atoms with E-state index in [-0.39, 0.29) is 23.8 Å². The Morgan fingerprint density at radius 3 is 2.58 bits per heavy atom. The van der Waals surface area contributed by atoms with E-state index in [4.69, 9.17) is 5.73 Å². The van der Waals surface area contributed by atoms with Gasteiger partial charge in [-0.15, -0.1) is 0 Å². The van der Waals surface area contributed by atoms with E-state index >= 15 is 0 Å². The first-order valence-electron chi connectivity index (χ1n) is 9.17. The Kier molecular flexibility index (Phi) is 5.56. The predicted molar refractivity (Wildman–Crippen MR) is 96.8 cm³/mol. The molecule has 7 heteroatoms. The number of rotatable bonds is 5. The highest BCUT2D eigenvalue weighted by molar-refractivity contribution is 5.94. The van der Waals surface area contributed by atoms with E-state index in [1.54, 1.807) is 11.8 Å². The van der Waals surface area contributed by atoms with Crippen molar-refractivity contribution in [2.75, 3.05) is 0 Å². The lowest BCUT2D eigenvalue weighted by molar-refractivity contribution is -0.146. The zero-order chi connectivity index (χ0) is 18.7. The number of carbonyl (C=O) groups is 3. The van der Waals surface area contributed by atoms with E-state index in [1.165, 1.54) is 0 Å². The van der Waals surface area contributed by atoms with Crippen LogP contribution in [0.25, 0.3) is 0 Å². The maximum atomic E-state index is 12.8. The van der Waals surface area contributed by atoms with Crippen LogP contribution in [0.15, 0.2) is 30.3 Å². The fraction of sp³-hybridized carbons (Fsp3) is 0.526. The maximum absolute atomic E-state index is 12.8. The molecule has 2 heterocycles. The molecule has 0 saturated carbocycles. The van der Waals surface area contributed by atoms with Crippen LogP contribution in [0, 0.1) is 0 Å². The molecule has 1 aromatic rings. The van der Waals surface area contributed by atoms with Gasteiger partial charge in [-0.3, -0.25) is 14.4 Å². The number of hydrogen-bond acceptors (Lipinski definition) is 4. The van der Waals surface area contributed by atoms with Gasteiger partial charge in [0.25, 0.3) is 0 Å². The van der Waals surface area contributed by atoms with E-state index in [2.05, 4.69) is 10.6 Å². The second kappa shape index (κ2) is 7.86. The average molecular weight is 358 g/mol. The Hall–Kier alpha value is -2.41. The van der Waals surface area contributed by atoms with Crippen LogP contribution in [-0.2, 0) is 20.9 Å². The van der Waals surface area contributed by atoms with Gasteiger partial charge in [-0.25, -0.2) is 0 Å². The minimum Gasteiger partial charge on any atom is -0.350 e. The zero-order valence-corrected chi connectivity index (χ0v) is 15.0. The Morgan fingerprint density at radius 1 is 1.19 bits per heavy atom. The SMILES string of the molecule is C[C@H](N)C(=O)NC1CC[C@@H]2CCC(C(=O)NCc3ccccc3)N2C1=O. The van der Waals surface area contributed by atoms with Gasteiger partial charge in [-0.05, 0) is 38.2 Å². The third kappa shape index (κ3) is 3.88. The number of fused-ring (bicyclic) bond motifs is 1. The van der Waals surface area contributed by atoms with Crippen molar-refractivity contribution >= 4 is 17.7 Å². The maximum Gasteiger partial charge on any atom is 0.246 e. The number of piperidine rings is 1. The highest BCUT2D eigenvalue weighted by atomic mass is 16.2. The molecular weight excluding hydrogens is 332 g/mol. The first-order chi connectivity index (χ1) is 12.5. The molecule has 0 radical (unpaired) electrons. The molecule has 0 spiro atoms. The summed E-state index contributed by atoms with van der Waals surface area (Å²) in [5, 5.41) is 5.64. The molecule has 0 aromatic heterocycles. The van der Waals surface area contributed by atoms with Crippen LogP contribution in [-0.4, -0.2) is 46.8 Å². The molecule has 2 aliphatic rings. The molecular formula is C19H26N4O3. The van der Waals surface area contributed by atoms with Crippen molar-refractivity contribution in [1.82, 2.24) is 15.5 Å². The monoisotopic (exact) mass is 358 g/mol. The molecule has 2 aliphatic heterocycles. The van der Waals surface area contributed by atoms with Gasteiger partial charge in [0, 0.05) is 12.6 Å². The third-order valence-electron chi connectivity index (χ3n) is 5.19. The van der Waals surface area contributed by atoms with Gasteiger partial charge in [0.2, 0.25) is 17.7 Å². The van der Waals surface area contributed by atoms with E-state index in [1.807, 2.05) is 30.3 Å². The van der Waals surface area contributed by atoms with Gasteiger partial charge in [0.05, 0.1) is 6.04 Å². The van der Waals surface area contributed by atoms with E-state index in [0.717, 1.165) is 18.4 Å². The second-order valence-corrected chi connectivity index (χ2v) is 7.12. The molecule has 1 aromatic carbocycles. The first-order valence-corrected chi connectivity index (χ1v) is 9.17. The summed E-state index contributed by atoms with van der Waals surface area (Å²) in [4.78, 5) is 39.0. The molecule has 7 nitrogen and oxygen atoms in total. The van der Waals surface area contributed by atoms with E-state index < -0.39 is 18.1 Å². The Labute approximate surface area is 153 Å². The Balaban J connectivity index is 1.63. The van der Waals surface area contributed by atoms with Gasteiger partial charge in [-0.1, -0.05) is 30.3 Å². The summed E-state index contributed by atoms with van der Waals surface area (Å²) in [5.74, 6) is -0.650. The average Bonchev–Trinajstić information content (AvgIpc) is 3.07. The molecule has 3 rings (SSSR count). The fourth-order valence-electron chi connectivity index (χ4n) is 3.76. The van der Waals surface area contributed by atoms with Crippen LogP contribution in [0.4, 0.5) is 0 Å². The van der Waals surface area contributed by atoms with Crippen LogP contribution in [0.1, 0.15) is 38.2 Å². The second-order valence-electron chi connectivity index (χ2n) is 7.12. The first kappa shape index (κ1) is 18.4. The van der Waals surface area contributed by atoms with Crippen LogP contribution >= 0.6 is 0 Å². The van der Waals surface area contributed by atoms with Crippen molar-refractivity contribution < 1.29 is 14.4 Å². The van der Waals surface area contributed by atoms with Crippen LogP contribution in [0.5, 0.6) is 0 Å². The quantitative estimate of drug-likeness (QED) is 0.703. The number of amides is 3. The summed E-state index contributed by atoms with van der Waals surface area (Å²) < 4.78 is 0. The number of hydrogen-bond donors (Lipinski definition) is 3. The van der Waals surface area contributed by atoms with Gasteiger partial charge in [0.15, 0.2) is 0 Å². The molecule has 140 valence electrons. The summed E-state index contributed by atoms with van der Waals surface area (Å²) in [7, 11) is 0. The standard InChI is InChI=1S/C19H26N4O3/c1-12(20)17(24)22-15-9-7-14-8-10-16(23(14)19(15)26)18(25)21-11-13-5-3-2-4-6-13/h2-6,12,14-16H,7-11,20H2,1H3,(H,21,25)(H,22,24)/t12-,14+,15?,16?/m0/s1. The zero-order valence-electron chi connectivity index (χ0n) is 15.0. The summed E-state index contributed by atoms with van der Waals surface area (Å²) in [5.41, 5.74) is 6.59. The van der Waals surface area contributed by atoms with Crippen molar-refractivity contribution in [1.29, 1.82) is 0 Å². The lowest BCUT2D eigenvalue weighted by atomic mass is 9.97. The fourth-order valence-corrected chi connectivity index (χ4v) is 3.76. The minimum atomic E-state index is -0.663. The molecule has 0 aliphatic carbocycles. The Bertz CT molecular complexity index is 677.